The molecule has 2 unspecified atom stereocenters. The summed E-state index contributed by atoms with van der Waals surface area (Å²) in [6.45, 7) is 9.95. The average molecular weight is 228 g/mol. The van der Waals surface area contributed by atoms with E-state index in [1.165, 1.54) is 51.4 Å². The Morgan fingerprint density at radius 3 is 2.12 bits per heavy atom. The first-order valence-corrected chi connectivity index (χ1v) is 7.32. The van der Waals surface area contributed by atoms with E-state index in [1.54, 1.807) is 0 Å². The molecule has 0 amide bonds. The van der Waals surface area contributed by atoms with Crippen molar-refractivity contribution in [2.24, 2.45) is 5.92 Å². The fraction of sp³-hybridized carbons (Fsp3) is 1.00. The third-order valence-corrected chi connectivity index (χ3v) is 3.16. The Bertz CT molecular complexity index is 133. The van der Waals surface area contributed by atoms with Gasteiger partial charge >= 0.3 is 0 Å². The molecule has 0 aromatic heterocycles. The topological polar surface area (TPSA) is 9.23 Å². The number of ether oxygens (including phenoxy) is 1. The SMILES string of the molecule is CCCCCCCC(C)COC(C)CCC. The molecule has 0 aliphatic carbocycles. The summed E-state index contributed by atoms with van der Waals surface area (Å²) < 4.78 is 5.82. The van der Waals surface area contributed by atoms with Crippen LogP contribution in [0.15, 0.2) is 0 Å². The first-order chi connectivity index (χ1) is 7.70. The van der Waals surface area contributed by atoms with Gasteiger partial charge in [0.15, 0.2) is 0 Å². The van der Waals surface area contributed by atoms with Gasteiger partial charge < -0.3 is 4.74 Å². The second-order valence-corrected chi connectivity index (χ2v) is 5.24. The largest absolute Gasteiger partial charge is 0.378 e. The molecule has 0 aromatic carbocycles. The van der Waals surface area contributed by atoms with Crippen LogP contribution in [-0.2, 0) is 4.74 Å². The molecule has 0 aliphatic rings. The first kappa shape index (κ1) is 16.0. The van der Waals surface area contributed by atoms with Gasteiger partial charge in [0, 0.05) is 6.61 Å². The number of unbranched alkanes of at least 4 members (excludes halogenated alkanes) is 4. The van der Waals surface area contributed by atoms with Crippen LogP contribution in [0.5, 0.6) is 0 Å². The zero-order valence-electron chi connectivity index (χ0n) is 11.9. The second kappa shape index (κ2) is 11.4. The molecule has 0 bridgehead atoms. The summed E-state index contributed by atoms with van der Waals surface area (Å²) in [5, 5.41) is 0. The normalized spacial score (nSPS) is 15.0. The van der Waals surface area contributed by atoms with Crippen LogP contribution >= 0.6 is 0 Å². The van der Waals surface area contributed by atoms with Gasteiger partial charge in [-0.1, -0.05) is 59.3 Å². The maximum absolute atomic E-state index is 5.82. The average Bonchev–Trinajstić information content (AvgIpc) is 2.26. The Kier molecular flexibility index (Phi) is 11.4. The van der Waals surface area contributed by atoms with Crippen LogP contribution in [0.1, 0.15) is 79.1 Å². The van der Waals surface area contributed by atoms with E-state index in [1.807, 2.05) is 0 Å². The lowest BCUT2D eigenvalue weighted by Gasteiger charge is -2.16. The van der Waals surface area contributed by atoms with Gasteiger partial charge in [-0.25, -0.2) is 0 Å². The van der Waals surface area contributed by atoms with E-state index >= 15 is 0 Å². The highest BCUT2D eigenvalue weighted by atomic mass is 16.5. The summed E-state index contributed by atoms with van der Waals surface area (Å²) in [4.78, 5) is 0. The van der Waals surface area contributed by atoms with E-state index in [9.17, 15) is 0 Å². The molecular weight excluding hydrogens is 196 g/mol. The van der Waals surface area contributed by atoms with Crippen molar-refractivity contribution in [3.05, 3.63) is 0 Å². The first-order valence-electron chi connectivity index (χ1n) is 7.32. The molecule has 0 fully saturated rings. The Labute approximate surface area is 103 Å². The van der Waals surface area contributed by atoms with Crippen molar-refractivity contribution in [1.82, 2.24) is 0 Å². The van der Waals surface area contributed by atoms with Crippen LogP contribution in [0.2, 0.25) is 0 Å². The summed E-state index contributed by atoms with van der Waals surface area (Å²) in [6, 6.07) is 0. The van der Waals surface area contributed by atoms with Crippen LogP contribution < -0.4 is 0 Å². The molecule has 0 radical (unpaired) electrons. The van der Waals surface area contributed by atoms with Crippen molar-refractivity contribution in [2.75, 3.05) is 6.61 Å². The second-order valence-electron chi connectivity index (χ2n) is 5.24. The fourth-order valence-corrected chi connectivity index (χ4v) is 2.00. The molecule has 0 rings (SSSR count). The van der Waals surface area contributed by atoms with Crippen molar-refractivity contribution in [1.29, 1.82) is 0 Å². The highest BCUT2D eigenvalue weighted by Crippen LogP contribution is 2.13. The van der Waals surface area contributed by atoms with Gasteiger partial charge in [-0.05, 0) is 25.7 Å². The van der Waals surface area contributed by atoms with Gasteiger partial charge in [0.05, 0.1) is 6.10 Å². The van der Waals surface area contributed by atoms with E-state index < -0.39 is 0 Å². The zero-order valence-corrected chi connectivity index (χ0v) is 11.9. The lowest BCUT2D eigenvalue weighted by Crippen LogP contribution is -2.13. The quantitative estimate of drug-likeness (QED) is 0.442. The summed E-state index contributed by atoms with van der Waals surface area (Å²) >= 11 is 0. The van der Waals surface area contributed by atoms with Crippen molar-refractivity contribution >= 4 is 0 Å². The van der Waals surface area contributed by atoms with Crippen molar-refractivity contribution in [2.45, 2.75) is 85.2 Å². The highest BCUT2D eigenvalue weighted by molar-refractivity contribution is 4.55. The molecule has 0 aromatic rings. The summed E-state index contributed by atoms with van der Waals surface area (Å²) in [5.41, 5.74) is 0. The number of hydrogen-bond donors (Lipinski definition) is 0. The third-order valence-electron chi connectivity index (χ3n) is 3.16. The Morgan fingerprint density at radius 1 is 0.812 bits per heavy atom. The molecule has 0 N–H and O–H groups in total. The maximum Gasteiger partial charge on any atom is 0.0547 e. The third kappa shape index (κ3) is 10.5. The number of hydrogen-bond acceptors (Lipinski definition) is 1. The van der Waals surface area contributed by atoms with E-state index in [0.29, 0.717) is 6.10 Å². The lowest BCUT2D eigenvalue weighted by molar-refractivity contribution is 0.0363. The Balaban J connectivity index is 3.27. The molecule has 1 heteroatoms. The summed E-state index contributed by atoms with van der Waals surface area (Å²) in [5.74, 6) is 0.737. The van der Waals surface area contributed by atoms with E-state index in [0.717, 1.165) is 12.5 Å². The highest BCUT2D eigenvalue weighted by Gasteiger charge is 2.05. The summed E-state index contributed by atoms with van der Waals surface area (Å²) in [6.07, 6.45) is 11.2. The van der Waals surface area contributed by atoms with Crippen LogP contribution in [0.25, 0.3) is 0 Å². The van der Waals surface area contributed by atoms with Gasteiger partial charge in [-0.2, -0.15) is 0 Å². The molecule has 0 spiro atoms. The van der Waals surface area contributed by atoms with E-state index in [2.05, 4.69) is 27.7 Å². The van der Waals surface area contributed by atoms with Gasteiger partial charge in [0.2, 0.25) is 0 Å². The predicted octanol–water partition coefficient (Wildman–Crippen LogP) is 5.19. The monoisotopic (exact) mass is 228 g/mol. The molecule has 0 saturated heterocycles. The van der Waals surface area contributed by atoms with Crippen molar-refractivity contribution < 1.29 is 4.74 Å². The van der Waals surface area contributed by atoms with Crippen LogP contribution in [0.3, 0.4) is 0 Å². The van der Waals surface area contributed by atoms with Crippen molar-refractivity contribution in [3.8, 4) is 0 Å². The molecule has 1 nitrogen and oxygen atoms in total. The van der Waals surface area contributed by atoms with Crippen molar-refractivity contribution in [3.63, 3.8) is 0 Å². The zero-order chi connectivity index (χ0) is 12.2. The molecular formula is C15H32O. The minimum absolute atomic E-state index is 0.451. The Morgan fingerprint density at radius 2 is 1.50 bits per heavy atom. The van der Waals surface area contributed by atoms with E-state index in [-0.39, 0.29) is 0 Å². The van der Waals surface area contributed by atoms with Crippen LogP contribution in [-0.4, -0.2) is 12.7 Å². The molecule has 16 heavy (non-hydrogen) atoms. The van der Waals surface area contributed by atoms with Gasteiger partial charge in [0.25, 0.3) is 0 Å². The minimum Gasteiger partial charge on any atom is -0.378 e. The van der Waals surface area contributed by atoms with Gasteiger partial charge in [0.1, 0.15) is 0 Å². The van der Waals surface area contributed by atoms with Gasteiger partial charge in [-0.15, -0.1) is 0 Å². The number of rotatable bonds is 11. The lowest BCUT2D eigenvalue weighted by atomic mass is 10.0. The maximum atomic E-state index is 5.82. The summed E-state index contributed by atoms with van der Waals surface area (Å²) in [7, 11) is 0. The van der Waals surface area contributed by atoms with Crippen LogP contribution in [0.4, 0.5) is 0 Å². The molecule has 0 heterocycles. The fourth-order valence-electron chi connectivity index (χ4n) is 2.00. The standard InChI is InChI=1S/C15H32O/c1-5-7-8-9-10-12-14(3)13-16-15(4)11-6-2/h14-15H,5-13H2,1-4H3. The molecule has 0 saturated carbocycles. The Hall–Kier alpha value is -0.0400. The minimum atomic E-state index is 0.451. The molecule has 98 valence electrons. The van der Waals surface area contributed by atoms with E-state index in [4.69, 9.17) is 4.74 Å². The smallest absolute Gasteiger partial charge is 0.0547 e. The molecule has 0 aliphatic heterocycles. The van der Waals surface area contributed by atoms with Crippen LogP contribution in [0, 0.1) is 5.92 Å². The predicted molar refractivity (Wildman–Crippen MR) is 72.9 cm³/mol. The van der Waals surface area contributed by atoms with Gasteiger partial charge in [-0.3, -0.25) is 0 Å². The molecule has 2 atom stereocenters.